The van der Waals surface area contributed by atoms with Crippen LogP contribution in [0.1, 0.15) is 21.9 Å². The number of halogens is 4. The number of hydrogen-bond acceptors (Lipinski definition) is 4. The van der Waals surface area contributed by atoms with Crippen LogP contribution in [-0.4, -0.2) is 36.7 Å². The van der Waals surface area contributed by atoms with Crippen molar-refractivity contribution in [1.29, 1.82) is 0 Å². The number of alkyl halides is 3. The zero-order chi connectivity index (χ0) is 15.1. The first kappa shape index (κ1) is 14.5. The third kappa shape index (κ3) is 2.67. The van der Waals surface area contributed by atoms with Gasteiger partial charge in [-0.15, -0.1) is 5.10 Å². The quantitative estimate of drug-likeness (QED) is 0.811. The van der Waals surface area contributed by atoms with Gasteiger partial charge in [-0.2, -0.15) is 18.3 Å². The van der Waals surface area contributed by atoms with Crippen LogP contribution in [-0.2, 0) is 13.6 Å². The second kappa shape index (κ2) is 4.89. The molecule has 0 aliphatic heterocycles. The van der Waals surface area contributed by atoms with E-state index in [2.05, 4.69) is 15.4 Å². The van der Waals surface area contributed by atoms with Crippen molar-refractivity contribution in [3.63, 3.8) is 0 Å². The third-order valence-electron chi connectivity index (χ3n) is 2.60. The van der Waals surface area contributed by atoms with E-state index in [9.17, 15) is 18.0 Å². The molecular weight excluding hydrogens is 299 g/mol. The van der Waals surface area contributed by atoms with E-state index < -0.39 is 17.7 Å². The number of ketones is 1. The minimum atomic E-state index is -4.97. The average Bonchev–Trinajstić information content (AvgIpc) is 2.88. The summed E-state index contributed by atoms with van der Waals surface area (Å²) in [6.07, 6.45) is -4.05. The number of nitrogens with zero attached hydrogens (tertiary/aromatic N) is 5. The second-order valence-corrected chi connectivity index (χ2v) is 4.48. The largest absolute Gasteiger partial charge is 0.456 e. The Morgan fingerprint density at radius 3 is 2.60 bits per heavy atom. The van der Waals surface area contributed by atoms with E-state index in [1.165, 1.54) is 4.68 Å². The molecule has 0 N–H and O–H groups in total. The Bertz CT molecular complexity index is 660. The lowest BCUT2D eigenvalue weighted by atomic mass is 10.3. The van der Waals surface area contributed by atoms with Crippen LogP contribution in [0, 0.1) is 6.92 Å². The maximum Gasteiger partial charge on any atom is 0.456 e. The Morgan fingerprint density at radius 2 is 2.10 bits per heavy atom. The SMILES string of the molecule is Cc1nn(C)c(Cn2cc(C(=O)C(F)(F)F)nn2)c1Cl. The van der Waals surface area contributed by atoms with Gasteiger partial charge in [0, 0.05) is 7.05 Å². The van der Waals surface area contributed by atoms with E-state index in [1.54, 1.807) is 14.0 Å². The predicted molar refractivity (Wildman–Crippen MR) is 62.5 cm³/mol. The van der Waals surface area contributed by atoms with Crippen LogP contribution in [0.5, 0.6) is 0 Å². The van der Waals surface area contributed by atoms with Crippen LogP contribution in [0.4, 0.5) is 13.2 Å². The first-order valence-corrected chi connectivity index (χ1v) is 5.77. The lowest BCUT2D eigenvalue weighted by molar-refractivity contribution is -0.0888. The van der Waals surface area contributed by atoms with Crippen molar-refractivity contribution in [3.8, 4) is 0 Å². The molecule has 0 atom stereocenters. The van der Waals surface area contributed by atoms with E-state index in [-0.39, 0.29) is 6.54 Å². The molecule has 0 fully saturated rings. The number of aryl methyl sites for hydroxylation is 2. The average molecular weight is 308 g/mol. The summed E-state index contributed by atoms with van der Waals surface area (Å²) in [6.45, 7) is 1.76. The topological polar surface area (TPSA) is 65.6 Å². The van der Waals surface area contributed by atoms with Crippen molar-refractivity contribution in [2.45, 2.75) is 19.6 Å². The first-order chi connectivity index (χ1) is 9.20. The molecule has 0 aromatic carbocycles. The Balaban J connectivity index is 2.24. The lowest BCUT2D eigenvalue weighted by Gasteiger charge is -2.02. The standard InChI is InChI=1S/C10H9ClF3N5O/c1-5-8(11)7(18(2)16-5)4-19-3-6(15-17-19)9(20)10(12,13)14/h3H,4H2,1-2H3. The van der Waals surface area contributed by atoms with E-state index in [1.807, 2.05) is 0 Å². The molecule has 2 aromatic heterocycles. The number of rotatable bonds is 3. The van der Waals surface area contributed by atoms with E-state index in [4.69, 9.17) is 11.6 Å². The molecule has 0 radical (unpaired) electrons. The van der Waals surface area contributed by atoms with Crippen LogP contribution >= 0.6 is 11.6 Å². The Labute approximate surface area is 116 Å². The van der Waals surface area contributed by atoms with Crippen molar-refractivity contribution in [3.05, 3.63) is 28.3 Å². The Morgan fingerprint density at radius 1 is 1.45 bits per heavy atom. The van der Waals surface area contributed by atoms with Gasteiger partial charge in [0.15, 0.2) is 5.69 Å². The van der Waals surface area contributed by atoms with Crippen LogP contribution in [0.25, 0.3) is 0 Å². The zero-order valence-corrected chi connectivity index (χ0v) is 11.2. The van der Waals surface area contributed by atoms with E-state index in [0.717, 1.165) is 10.9 Å². The van der Waals surface area contributed by atoms with Gasteiger partial charge in [-0.05, 0) is 6.92 Å². The molecule has 10 heteroatoms. The van der Waals surface area contributed by atoms with E-state index >= 15 is 0 Å². The molecule has 6 nitrogen and oxygen atoms in total. The molecule has 2 heterocycles. The Hall–Kier alpha value is -1.90. The number of hydrogen-bond donors (Lipinski definition) is 0. The molecule has 20 heavy (non-hydrogen) atoms. The fourth-order valence-electron chi connectivity index (χ4n) is 1.63. The smallest absolute Gasteiger partial charge is 0.282 e. The minimum absolute atomic E-state index is 0.0638. The van der Waals surface area contributed by atoms with Gasteiger partial charge in [-0.25, -0.2) is 4.68 Å². The van der Waals surface area contributed by atoms with Gasteiger partial charge in [-0.3, -0.25) is 9.48 Å². The van der Waals surface area contributed by atoms with E-state index in [0.29, 0.717) is 16.4 Å². The van der Waals surface area contributed by atoms with Crippen molar-refractivity contribution in [2.75, 3.05) is 0 Å². The summed E-state index contributed by atoms with van der Waals surface area (Å²) in [5.41, 5.74) is 0.392. The van der Waals surface area contributed by atoms with Gasteiger partial charge < -0.3 is 0 Å². The van der Waals surface area contributed by atoms with Gasteiger partial charge in [0.05, 0.1) is 29.2 Å². The molecule has 0 aliphatic carbocycles. The van der Waals surface area contributed by atoms with Crippen LogP contribution in [0.15, 0.2) is 6.20 Å². The maximum absolute atomic E-state index is 12.2. The molecule has 0 spiro atoms. The minimum Gasteiger partial charge on any atom is -0.282 e. The molecule has 0 bridgehead atoms. The molecule has 0 amide bonds. The summed E-state index contributed by atoms with van der Waals surface area (Å²) in [5.74, 6) is -2.03. The highest BCUT2D eigenvalue weighted by molar-refractivity contribution is 6.31. The fraction of sp³-hybridized carbons (Fsp3) is 0.400. The summed E-state index contributed by atoms with van der Waals surface area (Å²) in [7, 11) is 1.65. The van der Waals surface area contributed by atoms with Gasteiger partial charge >= 0.3 is 6.18 Å². The third-order valence-corrected chi connectivity index (χ3v) is 3.09. The number of aromatic nitrogens is 5. The first-order valence-electron chi connectivity index (χ1n) is 5.39. The molecule has 0 aliphatic rings. The summed E-state index contributed by atoms with van der Waals surface area (Å²) in [6, 6.07) is 0. The summed E-state index contributed by atoms with van der Waals surface area (Å²) in [4.78, 5) is 11.0. The summed E-state index contributed by atoms with van der Waals surface area (Å²) < 4.78 is 39.3. The Kier molecular flexibility index (Phi) is 3.55. The monoisotopic (exact) mass is 307 g/mol. The fourth-order valence-corrected chi connectivity index (χ4v) is 1.85. The second-order valence-electron chi connectivity index (χ2n) is 4.10. The van der Waals surface area contributed by atoms with Crippen molar-refractivity contribution in [2.24, 2.45) is 7.05 Å². The van der Waals surface area contributed by atoms with Crippen molar-refractivity contribution < 1.29 is 18.0 Å². The molecule has 108 valence electrons. The molecule has 2 rings (SSSR count). The summed E-state index contributed by atoms with van der Waals surface area (Å²) in [5, 5.41) is 11.2. The molecule has 0 saturated heterocycles. The van der Waals surface area contributed by atoms with Crippen LogP contribution < -0.4 is 0 Å². The number of carbonyl (C=O) groups excluding carboxylic acids is 1. The maximum atomic E-state index is 12.2. The van der Waals surface area contributed by atoms with Crippen LogP contribution in [0.3, 0.4) is 0 Å². The predicted octanol–water partition coefficient (Wildman–Crippen LogP) is 1.77. The zero-order valence-electron chi connectivity index (χ0n) is 10.4. The molecular formula is C10H9ClF3N5O. The molecule has 0 unspecified atom stereocenters. The number of carbonyl (C=O) groups is 1. The summed E-state index contributed by atoms with van der Waals surface area (Å²) >= 11 is 6.01. The highest BCUT2D eigenvalue weighted by atomic mass is 35.5. The van der Waals surface area contributed by atoms with Gasteiger partial charge in [-0.1, -0.05) is 16.8 Å². The van der Waals surface area contributed by atoms with Gasteiger partial charge in [0.1, 0.15) is 0 Å². The normalized spacial score (nSPS) is 11.9. The highest BCUT2D eigenvalue weighted by Gasteiger charge is 2.41. The lowest BCUT2D eigenvalue weighted by Crippen LogP contribution is -2.23. The highest BCUT2D eigenvalue weighted by Crippen LogP contribution is 2.22. The van der Waals surface area contributed by atoms with Crippen molar-refractivity contribution in [1.82, 2.24) is 24.8 Å². The van der Waals surface area contributed by atoms with Gasteiger partial charge in [0.2, 0.25) is 0 Å². The van der Waals surface area contributed by atoms with Crippen molar-refractivity contribution >= 4 is 17.4 Å². The molecule has 2 aromatic rings. The van der Waals surface area contributed by atoms with Gasteiger partial charge in [0.25, 0.3) is 5.78 Å². The van der Waals surface area contributed by atoms with Crippen LogP contribution in [0.2, 0.25) is 5.02 Å². The molecule has 0 saturated carbocycles. The number of Topliss-reactive ketones (excluding diaryl/α,β-unsaturated/α-hetero) is 1.